The summed E-state index contributed by atoms with van der Waals surface area (Å²) in [7, 11) is 0. The normalized spacial score (nSPS) is 11.1. The van der Waals surface area contributed by atoms with Crippen LogP contribution in [0.4, 0.5) is 0 Å². The molecule has 0 radical (unpaired) electrons. The van der Waals surface area contributed by atoms with E-state index in [0.29, 0.717) is 11.4 Å². The molecule has 5 nitrogen and oxygen atoms in total. The second-order valence-corrected chi connectivity index (χ2v) is 6.34. The van der Waals surface area contributed by atoms with Crippen molar-refractivity contribution in [1.82, 2.24) is 15.6 Å². The zero-order chi connectivity index (χ0) is 18.6. The maximum atomic E-state index is 12.2. The van der Waals surface area contributed by atoms with Gasteiger partial charge in [-0.05, 0) is 35.4 Å². The second kappa shape index (κ2) is 7.25. The molecule has 0 aliphatic heterocycles. The van der Waals surface area contributed by atoms with Crippen molar-refractivity contribution in [2.75, 3.05) is 0 Å². The van der Waals surface area contributed by atoms with Crippen molar-refractivity contribution in [2.24, 2.45) is 5.10 Å². The van der Waals surface area contributed by atoms with E-state index in [-0.39, 0.29) is 5.91 Å². The third-order valence-electron chi connectivity index (χ3n) is 4.32. The highest BCUT2D eigenvalue weighted by Crippen LogP contribution is 2.23. The number of nitrogens with zero attached hydrogens (tertiary/aromatic N) is 2. The van der Waals surface area contributed by atoms with E-state index in [9.17, 15) is 4.79 Å². The van der Waals surface area contributed by atoms with Crippen molar-refractivity contribution in [2.45, 2.75) is 6.92 Å². The molecule has 0 saturated heterocycles. The molecule has 0 atom stereocenters. The summed E-state index contributed by atoms with van der Waals surface area (Å²) in [6.07, 6.45) is 1.61. The highest BCUT2D eigenvalue weighted by molar-refractivity contribution is 5.94. The molecule has 0 unspecified atom stereocenters. The molecule has 0 bridgehead atoms. The maximum absolute atomic E-state index is 12.2. The molecule has 0 aliphatic carbocycles. The van der Waals surface area contributed by atoms with Crippen LogP contribution in [0.5, 0.6) is 0 Å². The minimum absolute atomic E-state index is 0.335. The van der Waals surface area contributed by atoms with Crippen LogP contribution in [0.15, 0.2) is 77.9 Å². The molecule has 0 aliphatic rings. The minimum Gasteiger partial charge on any atom is -0.272 e. The van der Waals surface area contributed by atoms with Gasteiger partial charge in [0.05, 0.1) is 11.9 Å². The zero-order valence-electron chi connectivity index (χ0n) is 14.8. The van der Waals surface area contributed by atoms with Crippen LogP contribution >= 0.6 is 0 Å². The van der Waals surface area contributed by atoms with Crippen molar-refractivity contribution in [3.63, 3.8) is 0 Å². The van der Waals surface area contributed by atoms with Gasteiger partial charge in [0, 0.05) is 5.56 Å². The Bertz CT molecular complexity index is 1130. The highest BCUT2D eigenvalue weighted by Gasteiger charge is 2.10. The molecular weight excluding hydrogens is 336 g/mol. The Hall–Kier alpha value is -3.73. The first kappa shape index (κ1) is 16.7. The van der Waals surface area contributed by atoms with Crippen molar-refractivity contribution in [3.8, 4) is 11.3 Å². The van der Waals surface area contributed by atoms with Crippen LogP contribution in [-0.2, 0) is 0 Å². The molecule has 0 saturated carbocycles. The van der Waals surface area contributed by atoms with Gasteiger partial charge >= 0.3 is 0 Å². The van der Waals surface area contributed by atoms with Gasteiger partial charge in [0.2, 0.25) is 0 Å². The predicted octanol–water partition coefficient (Wildman–Crippen LogP) is 4.30. The highest BCUT2D eigenvalue weighted by atomic mass is 16.2. The van der Waals surface area contributed by atoms with Crippen molar-refractivity contribution < 1.29 is 4.79 Å². The molecule has 4 aromatic rings. The lowest BCUT2D eigenvalue weighted by Gasteiger charge is -2.00. The van der Waals surface area contributed by atoms with Crippen LogP contribution in [0, 0.1) is 6.92 Å². The summed E-state index contributed by atoms with van der Waals surface area (Å²) in [5.74, 6) is -0.335. The van der Waals surface area contributed by atoms with Crippen LogP contribution in [0.1, 0.15) is 21.6 Å². The molecule has 1 amide bonds. The Morgan fingerprint density at radius 3 is 2.59 bits per heavy atom. The quantitative estimate of drug-likeness (QED) is 0.424. The van der Waals surface area contributed by atoms with Crippen molar-refractivity contribution in [3.05, 3.63) is 89.6 Å². The zero-order valence-corrected chi connectivity index (χ0v) is 14.8. The molecular formula is C22H18N4O. The summed E-state index contributed by atoms with van der Waals surface area (Å²) < 4.78 is 0. The number of nitrogens with one attached hydrogen (secondary N) is 2. The SMILES string of the molecule is Cc1ccc(/C=N\NC(=O)c2cc(-c3ccc4ccccc4c3)n[nH]2)cc1. The molecule has 3 aromatic carbocycles. The summed E-state index contributed by atoms with van der Waals surface area (Å²) in [5, 5.41) is 13.3. The third kappa shape index (κ3) is 3.77. The van der Waals surface area contributed by atoms with Gasteiger partial charge in [-0.15, -0.1) is 0 Å². The molecule has 132 valence electrons. The number of H-pyrrole nitrogens is 1. The van der Waals surface area contributed by atoms with E-state index in [2.05, 4.69) is 38.9 Å². The summed E-state index contributed by atoms with van der Waals surface area (Å²) in [6.45, 7) is 2.02. The van der Waals surface area contributed by atoms with E-state index < -0.39 is 0 Å². The summed E-state index contributed by atoms with van der Waals surface area (Å²) in [6, 6.07) is 23.8. The second-order valence-electron chi connectivity index (χ2n) is 6.34. The average molecular weight is 354 g/mol. The first-order chi connectivity index (χ1) is 13.2. The number of aryl methyl sites for hydroxylation is 1. The van der Waals surface area contributed by atoms with E-state index >= 15 is 0 Å². The van der Waals surface area contributed by atoms with E-state index in [1.165, 1.54) is 10.9 Å². The number of benzene rings is 3. The fourth-order valence-electron chi connectivity index (χ4n) is 2.81. The molecule has 0 fully saturated rings. The summed E-state index contributed by atoms with van der Waals surface area (Å²) >= 11 is 0. The van der Waals surface area contributed by atoms with Gasteiger partial charge in [-0.3, -0.25) is 9.89 Å². The lowest BCUT2D eigenvalue weighted by Crippen LogP contribution is -2.17. The fraction of sp³-hybridized carbons (Fsp3) is 0.0455. The smallest absolute Gasteiger partial charge is 0.272 e. The van der Waals surface area contributed by atoms with Crippen LogP contribution in [-0.4, -0.2) is 22.3 Å². The molecule has 1 aromatic heterocycles. The van der Waals surface area contributed by atoms with E-state index in [1.54, 1.807) is 12.3 Å². The number of aromatic nitrogens is 2. The third-order valence-corrected chi connectivity index (χ3v) is 4.32. The first-order valence-corrected chi connectivity index (χ1v) is 8.64. The van der Waals surface area contributed by atoms with E-state index in [0.717, 1.165) is 16.5 Å². The maximum Gasteiger partial charge on any atom is 0.289 e. The van der Waals surface area contributed by atoms with Gasteiger partial charge in [0.15, 0.2) is 0 Å². The number of amides is 1. The van der Waals surface area contributed by atoms with Crippen molar-refractivity contribution in [1.29, 1.82) is 0 Å². The number of fused-ring (bicyclic) bond motifs is 1. The standard InChI is InChI=1S/C22H18N4O/c1-15-6-8-16(9-7-15)14-23-26-22(27)21-13-20(24-25-21)19-11-10-17-4-2-3-5-18(17)12-19/h2-14H,1H3,(H,24,25)(H,26,27)/b23-14-. The van der Waals surface area contributed by atoms with Crippen LogP contribution in [0.2, 0.25) is 0 Å². The lowest BCUT2D eigenvalue weighted by molar-refractivity contribution is 0.0950. The van der Waals surface area contributed by atoms with Crippen molar-refractivity contribution >= 4 is 22.9 Å². The van der Waals surface area contributed by atoms with Crippen LogP contribution < -0.4 is 5.43 Å². The Morgan fingerprint density at radius 2 is 1.78 bits per heavy atom. The molecule has 0 spiro atoms. The molecule has 4 rings (SSSR count). The molecule has 27 heavy (non-hydrogen) atoms. The van der Waals surface area contributed by atoms with Crippen LogP contribution in [0.25, 0.3) is 22.0 Å². The number of rotatable bonds is 4. The summed E-state index contributed by atoms with van der Waals surface area (Å²) in [4.78, 5) is 12.2. The van der Waals surface area contributed by atoms with Gasteiger partial charge < -0.3 is 0 Å². The van der Waals surface area contributed by atoms with Gasteiger partial charge in [0.1, 0.15) is 5.69 Å². The predicted molar refractivity (Wildman–Crippen MR) is 108 cm³/mol. The van der Waals surface area contributed by atoms with E-state index in [4.69, 9.17) is 0 Å². The topological polar surface area (TPSA) is 70.1 Å². The monoisotopic (exact) mass is 354 g/mol. The number of hydrogen-bond acceptors (Lipinski definition) is 3. The fourth-order valence-corrected chi connectivity index (χ4v) is 2.81. The minimum atomic E-state index is -0.335. The van der Waals surface area contributed by atoms with Gasteiger partial charge in [-0.1, -0.05) is 66.2 Å². The van der Waals surface area contributed by atoms with Gasteiger partial charge in [0.25, 0.3) is 5.91 Å². The Balaban J connectivity index is 1.47. The molecule has 1 heterocycles. The number of hydrazone groups is 1. The Labute approximate surface area is 156 Å². The number of aromatic amines is 1. The Morgan fingerprint density at radius 1 is 1.00 bits per heavy atom. The number of hydrogen-bond donors (Lipinski definition) is 2. The molecule has 2 N–H and O–H groups in total. The summed E-state index contributed by atoms with van der Waals surface area (Å²) in [5.41, 5.74) is 6.64. The van der Waals surface area contributed by atoms with Gasteiger partial charge in [-0.25, -0.2) is 5.43 Å². The average Bonchev–Trinajstić information content (AvgIpc) is 3.19. The number of carbonyl (C=O) groups is 1. The first-order valence-electron chi connectivity index (χ1n) is 8.64. The van der Waals surface area contributed by atoms with E-state index in [1.807, 2.05) is 55.5 Å². The molecule has 5 heteroatoms. The van der Waals surface area contributed by atoms with Gasteiger partial charge in [-0.2, -0.15) is 10.2 Å². The lowest BCUT2D eigenvalue weighted by atomic mass is 10.1. The van der Waals surface area contributed by atoms with Crippen LogP contribution in [0.3, 0.4) is 0 Å². The Kier molecular flexibility index (Phi) is 4.49. The largest absolute Gasteiger partial charge is 0.289 e. The number of carbonyl (C=O) groups excluding carboxylic acids is 1.